The molecular weight excluding hydrogens is 412 g/mol. The van der Waals surface area contributed by atoms with Crippen molar-refractivity contribution in [1.82, 2.24) is 4.72 Å². The zero-order valence-electron chi connectivity index (χ0n) is 16.6. The first-order valence-corrected chi connectivity index (χ1v) is 11.3. The fourth-order valence-electron chi connectivity index (χ4n) is 3.51. The van der Waals surface area contributed by atoms with E-state index in [1.807, 2.05) is 18.2 Å². The Bertz CT molecular complexity index is 1300. The normalized spacial score (nSPS) is 12.2. The lowest BCUT2D eigenvalue weighted by Gasteiger charge is -2.09. The maximum atomic E-state index is 12.7. The lowest BCUT2D eigenvalue weighted by atomic mass is 10.0. The van der Waals surface area contributed by atoms with Crippen LogP contribution in [0.25, 0.3) is 11.1 Å². The van der Waals surface area contributed by atoms with E-state index in [9.17, 15) is 18.0 Å². The average Bonchev–Trinajstić information content (AvgIpc) is 3.05. The van der Waals surface area contributed by atoms with Crippen LogP contribution in [0.1, 0.15) is 31.8 Å². The fourth-order valence-corrected chi connectivity index (χ4v) is 4.62. The van der Waals surface area contributed by atoms with Crippen LogP contribution in [-0.2, 0) is 15.8 Å². The van der Waals surface area contributed by atoms with Crippen molar-refractivity contribution < 1.29 is 18.0 Å². The van der Waals surface area contributed by atoms with Crippen LogP contribution < -0.4 is 10.0 Å². The van der Waals surface area contributed by atoms with Crippen molar-refractivity contribution in [2.75, 3.05) is 11.9 Å². The number of anilines is 1. The van der Waals surface area contributed by atoms with Gasteiger partial charge in [-0.15, -0.1) is 6.58 Å². The van der Waals surface area contributed by atoms with E-state index in [4.69, 9.17) is 0 Å². The lowest BCUT2D eigenvalue weighted by molar-refractivity contribution is 0.102. The molecular formula is C24H20N2O4S. The molecule has 1 aliphatic carbocycles. The second-order valence-electron chi connectivity index (χ2n) is 7.18. The maximum absolute atomic E-state index is 12.7. The minimum atomic E-state index is -3.45. The number of sulfonamides is 1. The number of carbonyl (C=O) groups excluding carboxylic acids is 2. The lowest BCUT2D eigenvalue weighted by Crippen LogP contribution is -2.25. The van der Waals surface area contributed by atoms with E-state index in [1.165, 1.54) is 6.08 Å². The molecule has 1 amide bonds. The molecule has 0 fully saturated rings. The van der Waals surface area contributed by atoms with Gasteiger partial charge in [-0.2, -0.15) is 0 Å². The third-order valence-corrected chi connectivity index (χ3v) is 6.32. The Labute approximate surface area is 180 Å². The van der Waals surface area contributed by atoms with Crippen LogP contribution in [0.15, 0.2) is 79.4 Å². The molecule has 0 aromatic heterocycles. The van der Waals surface area contributed by atoms with Gasteiger partial charge in [-0.1, -0.05) is 48.5 Å². The molecule has 3 aromatic carbocycles. The highest BCUT2D eigenvalue weighted by Crippen LogP contribution is 2.36. The van der Waals surface area contributed by atoms with Crippen LogP contribution in [0.3, 0.4) is 0 Å². The molecule has 0 atom stereocenters. The van der Waals surface area contributed by atoms with Crippen LogP contribution in [0.4, 0.5) is 5.69 Å². The van der Waals surface area contributed by atoms with E-state index in [1.54, 1.807) is 48.5 Å². The molecule has 3 aromatic rings. The Balaban J connectivity index is 1.47. The molecule has 0 heterocycles. The van der Waals surface area contributed by atoms with Crippen molar-refractivity contribution in [1.29, 1.82) is 0 Å². The van der Waals surface area contributed by atoms with Gasteiger partial charge in [0, 0.05) is 28.9 Å². The monoisotopic (exact) mass is 432 g/mol. The molecule has 31 heavy (non-hydrogen) atoms. The Kier molecular flexibility index (Phi) is 5.54. The Morgan fingerprint density at radius 1 is 0.903 bits per heavy atom. The molecule has 0 saturated carbocycles. The molecule has 0 bridgehead atoms. The van der Waals surface area contributed by atoms with E-state index in [2.05, 4.69) is 16.6 Å². The molecule has 0 unspecified atom stereocenters. The minimum Gasteiger partial charge on any atom is -0.322 e. The topological polar surface area (TPSA) is 92.3 Å². The van der Waals surface area contributed by atoms with E-state index < -0.39 is 10.0 Å². The Morgan fingerprint density at radius 2 is 1.58 bits per heavy atom. The quantitative estimate of drug-likeness (QED) is 0.435. The van der Waals surface area contributed by atoms with Gasteiger partial charge in [0.1, 0.15) is 0 Å². The summed E-state index contributed by atoms with van der Waals surface area (Å²) in [5.74, 6) is -0.599. The summed E-state index contributed by atoms with van der Waals surface area (Å²) in [6, 6.07) is 19.0. The number of fused-ring (bicyclic) bond motifs is 3. The van der Waals surface area contributed by atoms with Crippen molar-refractivity contribution in [2.24, 2.45) is 0 Å². The summed E-state index contributed by atoms with van der Waals surface area (Å²) in [6.45, 7) is 3.65. The summed E-state index contributed by atoms with van der Waals surface area (Å²) in [4.78, 5) is 25.3. The molecule has 156 valence electrons. The summed E-state index contributed by atoms with van der Waals surface area (Å²) in [6.07, 6.45) is 1.47. The van der Waals surface area contributed by atoms with Crippen LogP contribution in [0.2, 0.25) is 0 Å². The predicted octanol–water partition coefficient (Wildman–Crippen LogP) is 3.76. The smallest absolute Gasteiger partial charge is 0.255 e. The number of benzene rings is 3. The SMILES string of the molecule is C=CCNS(=O)(=O)Cc1ccc(NC(=O)c2ccc3c(c2)C(=O)c2ccccc2-3)cc1. The van der Waals surface area contributed by atoms with Crippen molar-refractivity contribution in [3.63, 3.8) is 0 Å². The molecule has 0 radical (unpaired) electrons. The van der Waals surface area contributed by atoms with E-state index in [-0.39, 0.29) is 24.0 Å². The average molecular weight is 433 g/mol. The summed E-state index contributed by atoms with van der Waals surface area (Å²) >= 11 is 0. The number of rotatable bonds is 7. The first kappa shape index (κ1) is 20.7. The van der Waals surface area contributed by atoms with E-state index in [0.717, 1.165) is 11.1 Å². The van der Waals surface area contributed by atoms with Gasteiger partial charge in [-0.3, -0.25) is 9.59 Å². The summed E-state index contributed by atoms with van der Waals surface area (Å²) in [5, 5.41) is 2.78. The first-order chi connectivity index (χ1) is 14.9. The van der Waals surface area contributed by atoms with Gasteiger partial charge in [-0.25, -0.2) is 13.1 Å². The molecule has 2 N–H and O–H groups in total. The van der Waals surface area contributed by atoms with Gasteiger partial charge < -0.3 is 5.32 Å². The van der Waals surface area contributed by atoms with Crippen molar-refractivity contribution >= 4 is 27.4 Å². The standard InChI is InChI=1S/C24H20N2O4S/c1-2-13-25-31(29,30)15-16-7-10-18(11-8-16)26-24(28)17-9-12-20-19-5-3-4-6-21(19)23(27)22(20)14-17/h2-12,14,25H,1,13,15H2,(H,26,28). The van der Waals surface area contributed by atoms with Crippen LogP contribution >= 0.6 is 0 Å². The van der Waals surface area contributed by atoms with E-state index in [0.29, 0.717) is 27.9 Å². The molecule has 1 aliphatic rings. The number of nitrogens with one attached hydrogen (secondary N) is 2. The Hall–Kier alpha value is -3.55. The molecule has 7 heteroatoms. The summed E-state index contributed by atoms with van der Waals surface area (Å²) in [5.41, 5.74) is 4.36. The van der Waals surface area contributed by atoms with Crippen LogP contribution in [-0.4, -0.2) is 26.7 Å². The summed E-state index contributed by atoms with van der Waals surface area (Å²) < 4.78 is 26.3. The highest BCUT2D eigenvalue weighted by atomic mass is 32.2. The van der Waals surface area contributed by atoms with Crippen LogP contribution in [0, 0.1) is 0 Å². The zero-order chi connectivity index (χ0) is 22.0. The first-order valence-electron chi connectivity index (χ1n) is 9.64. The third kappa shape index (κ3) is 4.33. The second kappa shape index (κ2) is 8.29. The third-order valence-electron chi connectivity index (χ3n) is 5.00. The molecule has 4 rings (SSSR count). The largest absolute Gasteiger partial charge is 0.322 e. The van der Waals surface area contributed by atoms with Crippen molar-refractivity contribution in [2.45, 2.75) is 5.75 Å². The molecule has 0 aliphatic heterocycles. The number of carbonyl (C=O) groups is 2. The highest BCUT2D eigenvalue weighted by molar-refractivity contribution is 7.88. The highest BCUT2D eigenvalue weighted by Gasteiger charge is 2.27. The molecule has 0 saturated heterocycles. The zero-order valence-corrected chi connectivity index (χ0v) is 17.4. The Morgan fingerprint density at radius 3 is 2.29 bits per heavy atom. The summed E-state index contributed by atoms with van der Waals surface area (Å²) in [7, 11) is -3.45. The minimum absolute atomic E-state index is 0.0872. The number of hydrogen-bond donors (Lipinski definition) is 2. The second-order valence-corrected chi connectivity index (χ2v) is 8.99. The molecule has 6 nitrogen and oxygen atoms in total. The van der Waals surface area contributed by atoms with Crippen molar-refractivity contribution in [3.8, 4) is 11.1 Å². The van der Waals surface area contributed by atoms with Gasteiger partial charge in [-0.05, 0) is 41.0 Å². The number of amides is 1. The van der Waals surface area contributed by atoms with Crippen molar-refractivity contribution in [3.05, 3.63) is 102 Å². The van der Waals surface area contributed by atoms with Gasteiger partial charge in [0.25, 0.3) is 5.91 Å². The van der Waals surface area contributed by atoms with Gasteiger partial charge in [0.2, 0.25) is 10.0 Å². The van der Waals surface area contributed by atoms with Gasteiger partial charge in [0.05, 0.1) is 5.75 Å². The number of hydrogen-bond acceptors (Lipinski definition) is 4. The number of ketones is 1. The van der Waals surface area contributed by atoms with Gasteiger partial charge in [0.15, 0.2) is 5.78 Å². The fraction of sp³-hybridized carbons (Fsp3) is 0.0833. The predicted molar refractivity (Wildman–Crippen MR) is 121 cm³/mol. The van der Waals surface area contributed by atoms with Gasteiger partial charge >= 0.3 is 0 Å². The van der Waals surface area contributed by atoms with Crippen LogP contribution in [0.5, 0.6) is 0 Å². The molecule has 0 spiro atoms. The van der Waals surface area contributed by atoms with E-state index >= 15 is 0 Å². The maximum Gasteiger partial charge on any atom is 0.255 e.